The molecule has 0 spiro atoms. The third-order valence-corrected chi connectivity index (χ3v) is 7.73. The number of halogens is 3. The van der Waals surface area contributed by atoms with Crippen molar-refractivity contribution >= 4 is 58.6 Å². The van der Waals surface area contributed by atoms with Crippen LogP contribution < -0.4 is 5.32 Å². The first-order chi connectivity index (χ1) is 16.7. The van der Waals surface area contributed by atoms with E-state index in [2.05, 4.69) is 5.32 Å². The monoisotopic (exact) mass is 567 g/mol. The van der Waals surface area contributed by atoms with Gasteiger partial charge in [-0.25, -0.2) is 4.79 Å². The van der Waals surface area contributed by atoms with Crippen molar-refractivity contribution in [3.63, 3.8) is 0 Å². The second-order valence-corrected chi connectivity index (χ2v) is 12.2. The second kappa shape index (κ2) is 12.1. The number of alkyl carbamates (subject to hydrolysis) is 1. The average molecular weight is 569 g/mol. The minimum Gasteiger partial charge on any atom is -0.463 e. The first-order valence-corrected chi connectivity index (χ1v) is 13.6. The van der Waals surface area contributed by atoms with Gasteiger partial charge in [0.15, 0.2) is 6.10 Å². The SMILES string of the molecule is CC(=O)OC[C@H]1O[C@H](Sc2ccccc2)[C@@H](OC(=O)NC2CCCCC2)[C@@H]2OC(C(Cl)(Cl)Cl)O[C@@H]21. The Balaban J connectivity index is 1.56. The van der Waals surface area contributed by atoms with Gasteiger partial charge in [-0.3, -0.25) is 4.79 Å². The lowest BCUT2D eigenvalue weighted by atomic mass is 9.96. The van der Waals surface area contributed by atoms with Crippen molar-refractivity contribution in [3.05, 3.63) is 30.3 Å². The molecule has 1 unspecified atom stereocenters. The molecule has 0 bridgehead atoms. The Kier molecular flexibility index (Phi) is 9.35. The highest BCUT2D eigenvalue weighted by Crippen LogP contribution is 2.45. The average Bonchev–Trinajstić information content (AvgIpc) is 3.27. The highest BCUT2D eigenvalue weighted by molar-refractivity contribution is 7.99. The number of carbonyl (C=O) groups excluding carboxylic acids is 2. The van der Waals surface area contributed by atoms with Gasteiger partial charge in [-0.15, -0.1) is 0 Å². The molecule has 1 N–H and O–H groups in total. The Bertz CT molecular complexity index is 868. The molecule has 1 aromatic carbocycles. The van der Waals surface area contributed by atoms with Crippen LogP contribution in [0, 0.1) is 0 Å². The summed E-state index contributed by atoms with van der Waals surface area (Å²) in [6.45, 7) is 1.20. The largest absolute Gasteiger partial charge is 0.463 e. The predicted molar refractivity (Wildman–Crippen MR) is 132 cm³/mol. The van der Waals surface area contributed by atoms with Crippen LogP contribution in [0.1, 0.15) is 39.0 Å². The lowest BCUT2D eigenvalue weighted by molar-refractivity contribution is -0.179. The predicted octanol–water partition coefficient (Wildman–Crippen LogP) is 4.97. The van der Waals surface area contributed by atoms with E-state index in [-0.39, 0.29) is 12.6 Å². The fourth-order valence-corrected chi connectivity index (χ4v) is 5.86. The van der Waals surface area contributed by atoms with Crippen LogP contribution in [-0.2, 0) is 28.5 Å². The molecule has 1 aromatic rings. The fraction of sp³-hybridized carbons (Fsp3) is 0.652. The summed E-state index contributed by atoms with van der Waals surface area (Å²) in [6.07, 6.45) is 0.0793. The summed E-state index contributed by atoms with van der Waals surface area (Å²) < 4.78 is 27.3. The zero-order valence-corrected chi connectivity index (χ0v) is 22.2. The van der Waals surface area contributed by atoms with Crippen LogP contribution in [0.4, 0.5) is 4.79 Å². The van der Waals surface area contributed by atoms with Crippen LogP contribution >= 0.6 is 46.6 Å². The molecule has 194 valence electrons. The molecule has 0 radical (unpaired) electrons. The number of fused-ring (bicyclic) bond motifs is 1. The van der Waals surface area contributed by atoms with Gasteiger partial charge in [0, 0.05) is 17.9 Å². The number of amides is 1. The topological polar surface area (TPSA) is 92.3 Å². The van der Waals surface area contributed by atoms with Crippen molar-refractivity contribution in [2.24, 2.45) is 0 Å². The quantitative estimate of drug-likeness (QED) is 0.380. The molecule has 3 fully saturated rings. The fourth-order valence-electron chi connectivity index (χ4n) is 4.43. The van der Waals surface area contributed by atoms with Crippen molar-refractivity contribution in [2.75, 3.05) is 6.61 Å². The first kappa shape index (κ1) is 27.1. The van der Waals surface area contributed by atoms with Gasteiger partial charge in [-0.05, 0) is 25.0 Å². The van der Waals surface area contributed by atoms with Gasteiger partial charge in [0.25, 0.3) is 0 Å². The number of hydrogen-bond acceptors (Lipinski definition) is 8. The van der Waals surface area contributed by atoms with E-state index in [0.29, 0.717) is 0 Å². The number of alkyl halides is 3. The number of hydrogen-bond donors (Lipinski definition) is 1. The summed E-state index contributed by atoms with van der Waals surface area (Å²) in [6, 6.07) is 9.57. The van der Waals surface area contributed by atoms with Gasteiger partial charge in [0.1, 0.15) is 30.4 Å². The smallest absolute Gasteiger partial charge is 0.407 e. The minimum absolute atomic E-state index is 0.0585. The van der Waals surface area contributed by atoms with Gasteiger partial charge in [0.2, 0.25) is 10.1 Å². The Labute approximate surface area is 223 Å². The lowest BCUT2D eigenvalue weighted by Crippen LogP contribution is -2.58. The van der Waals surface area contributed by atoms with E-state index in [1.165, 1.54) is 18.7 Å². The van der Waals surface area contributed by atoms with Crippen LogP contribution in [0.3, 0.4) is 0 Å². The third kappa shape index (κ3) is 7.31. The van der Waals surface area contributed by atoms with E-state index in [0.717, 1.165) is 37.0 Å². The molecule has 6 atom stereocenters. The van der Waals surface area contributed by atoms with Crippen LogP contribution in [-0.4, -0.2) is 64.6 Å². The summed E-state index contributed by atoms with van der Waals surface area (Å²) in [4.78, 5) is 25.3. The molecule has 2 saturated heterocycles. The van der Waals surface area contributed by atoms with E-state index in [1.807, 2.05) is 30.3 Å². The minimum atomic E-state index is -1.89. The Morgan fingerprint density at radius 3 is 2.40 bits per heavy atom. The first-order valence-electron chi connectivity index (χ1n) is 11.6. The molecule has 2 aliphatic heterocycles. The van der Waals surface area contributed by atoms with Crippen molar-refractivity contribution in [2.45, 2.75) is 89.9 Å². The molecule has 0 aromatic heterocycles. The molecule has 2 heterocycles. The number of esters is 1. The summed E-state index contributed by atoms with van der Waals surface area (Å²) in [5, 5.41) is 2.95. The van der Waals surface area contributed by atoms with Crippen molar-refractivity contribution in [1.29, 1.82) is 0 Å². The van der Waals surface area contributed by atoms with E-state index < -0.39 is 52.0 Å². The summed E-state index contributed by atoms with van der Waals surface area (Å²) in [7, 11) is 0. The number of nitrogens with one attached hydrogen (secondary N) is 1. The Morgan fingerprint density at radius 1 is 1.06 bits per heavy atom. The maximum atomic E-state index is 12.9. The van der Waals surface area contributed by atoms with E-state index >= 15 is 0 Å². The summed E-state index contributed by atoms with van der Waals surface area (Å²) in [5.41, 5.74) is -0.700. The van der Waals surface area contributed by atoms with Gasteiger partial charge in [-0.2, -0.15) is 0 Å². The van der Waals surface area contributed by atoms with Crippen LogP contribution in [0.25, 0.3) is 0 Å². The van der Waals surface area contributed by atoms with Crippen LogP contribution in [0.5, 0.6) is 0 Å². The van der Waals surface area contributed by atoms with Crippen LogP contribution in [0.15, 0.2) is 35.2 Å². The van der Waals surface area contributed by atoms with Gasteiger partial charge >= 0.3 is 12.1 Å². The third-order valence-electron chi connectivity index (χ3n) is 6.04. The highest BCUT2D eigenvalue weighted by atomic mass is 35.6. The molecule has 1 saturated carbocycles. The number of rotatable bonds is 6. The van der Waals surface area contributed by atoms with Crippen molar-refractivity contribution < 1.29 is 33.3 Å². The molecular weight excluding hydrogens is 541 g/mol. The molecule has 35 heavy (non-hydrogen) atoms. The number of ether oxygens (including phenoxy) is 5. The standard InChI is InChI=1S/C23H28Cl3NO7S/c1-13(28)30-12-16-17-18(33-21(32-17)23(24,25)26)19(20(31-16)35-15-10-6-3-7-11-15)34-22(29)27-14-8-4-2-5-9-14/h3,6-7,10-11,14,16-21H,2,4-5,8-9,12H2,1H3,(H,27,29)/t16-,17-,18-,19+,20-,21?/m1/s1. The Hall–Kier alpha value is -0.940. The highest BCUT2D eigenvalue weighted by Gasteiger charge is 2.58. The van der Waals surface area contributed by atoms with Crippen molar-refractivity contribution in [1.82, 2.24) is 5.32 Å². The second-order valence-electron chi connectivity index (χ2n) is 8.70. The number of carbonyl (C=O) groups is 2. The summed E-state index contributed by atoms with van der Waals surface area (Å²) >= 11 is 19.5. The maximum Gasteiger partial charge on any atom is 0.407 e. The number of thioether (sulfide) groups is 1. The van der Waals surface area contributed by atoms with Gasteiger partial charge in [-0.1, -0.05) is 84.0 Å². The van der Waals surface area contributed by atoms with Gasteiger partial charge < -0.3 is 29.0 Å². The maximum absolute atomic E-state index is 12.9. The molecule has 8 nitrogen and oxygen atoms in total. The molecular formula is C23H28Cl3NO7S. The zero-order chi connectivity index (χ0) is 25.0. The normalized spacial score (nSPS) is 31.4. The molecule has 1 amide bonds. The van der Waals surface area contributed by atoms with E-state index in [1.54, 1.807) is 0 Å². The number of benzene rings is 1. The molecule has 4 rings (SSSR count). The van der Waals surface area contributed by atoms with E-state index in [9.17, 15) is 9.59 Å². The van der Waals surface area contributed by atoms with E-state index in [4.69, 9.17) is 58.5 Å². The molecule has 3 aliphatic rings. The Morgan fingerprint density at radius 2 is 1.74 bits per heavy atom. The summed E-state index contributed by atoms with van der Waals surface area (Å²) in [5.74, 6) is -0.473. The van der Waals surface area contributed by atoms with Crippen LogP contribution in [0.2, 0.25) is 0 Å². The molecule has 12 heteroatoms. The molecule has 1 aliphatic carbocycles. The van der Waals surface area contributed by atoms with Gasteiger partial charge in [0.05, 0.1) is 0 Å². The lowest BCUT2D eigenvalue weighted by Gasteiger charge is -2.41. The van der Waals surface area contributed by atoms with Crippen molar-refractivity contribution in [3.8, 4) is 0 Å². The zero-order valence-electron chi connectivity index (χ0n) is 19.1.